The Hall–Kier alpha value is -3.03. The monoisotopic (exact) mass is 634 g/mol. The Morgan fingerprint density at radius 1 is 1.12 bits per heavy atom. The largest absolute Gasteiger partial charge is 0.421 e. The minimum Gasteiger partial charge on any atom is -0.387 e. The van der Waals surface area contributed by atoms with Gasteiger partial charge in [-0.3, -0.25) is 14.2 Å². The molecule has 0 N–H and O–H groups in total. The van der Waals surface area contributed by atoms with Gasteiger partial charge in [-0.2, -0.15) is 13.2 Å². The SMILES string of the molecule is O=C(Cn1c(C(F)F)ccc(C(F)(F)F)c1=O)N1CCC(c2nc(C3=NOC(c4c(Cl)cccc4Cl)C3)cs2)CC1. The lowest BCUT2D eigenvalue weighted by atomic mass is 9.97. The number of carbonyl (C=O) groups is 1. The summed E-state index contributed by atoms with van der Waals surface area (Å²) in [5.41, 5.74) is -2.28. The molecule has 1 aromatic carbocycles. The average molecular weight is 635 g/mol. The number of pyridine rings is 1. The van der Waals surface area contributed by atoms with E-state index in [-0.39, 0.29) is 23.6 Å². The summed E-state index contributed by atoms with van der Waals surface area (Å²) < 4.78 is 66.5. The molecular weight excluding hydrogens is 614 g/mol. The Morgan fingerprint density at radius 3 is 2.44 bits per heavy atom. The van der Waals surface area contributed by atoms with Crippen LogP contribution in [0.3, 0.4) is 0 Å². The van der Waals surface area contributed by atoms with E-state index in [1.54, 1.807) is 18.2 Å². The summed E-state index contributed by atoms with van der Waals surface area (Å²) >= 11 is 14.0. The van der Waals surface area contributed by atoms with Crippen LogP contribution in [0.2, 0.25) is 10.0 Å². The number of halogens is 7. The molecule has 0 saturated carbocycles. The predicted octanol–water partition coefficient (Wildman–Crippen LogP) is 6.84. The fourth-order valence-electron chi connectivity index (χ4n) is 4.88. The number of piperidine rings is 1. The van der Waals surface area contributed by atoms with Crippen molar-refractivity contribution in [3.05, 3.63) is 83.6 Å². The minimum absolute atomic E-state index is 0.00226. The number of carbonyl (C=O) groups excluding carboxylic acids is 1. The van der Waals surface area contributed by atoms with Gasteiger partial charge in [-0.1, -0.05) is 34.4 Å². The lowest BCUT2D eigenvalue weighted by Crippen LogP contribution is -2.42. The fourth-order valence-corrected chi connectivity index (χ4v) is 6.52. The second-order valence-corrected chi connectivity index (χ2v) is 11.3. The molecule has 7 nitrogen and oxygen atoms in total. The van der Waals surface area contributed by atoms with Crippen LogP contribution >= 0.6 is 34.5 Å². The smallest absolute Gasteiger partial charge is 0.387 e. The Kier molecular flexibility index (Phi) is 8.40. The van der Waals surface area contributed by atoms with E-state index in [1.807, 2.05) is 5.38 Å². The number of likely N-dealkylation sites (tertiary alicyclic amines) is 1. The van der Waals surface area contributed by atoms with E-state index in [4.69, 9.17) is 33.0 Å². The van der Waals surface area contributed by atoms with Gasteiger partial charge < -0.3 is 9.74 Å². The quantitative estimate of drug-likeness (QED) is 0.278. The number of aromatic nitrogens is 2. The van der Waals surface area contributed by atoms with Crippen LogP contribution in [0.25, 0.3) is 0 Å². The molecule has 0 aliphatic carbocycles. The van der Waals surface area contributed by atoms with Crippen LogP contribution in [-0.2, 0) is 22.4 Å². The first kappa shape index (κ1) is 29.5. The van der Waals surface area contributed by atoms with E-state index in [1.165, 1.54) is 16.2 Å². The lowest BCUT2D eigenvalue weighted by molar-refractivity contribution is -0.140. The number of thiazole rings is 1. The number of amides is 1. The number of hydrogen-bond acceptors (Lipinski definition) is 6. The summed E-state index contributed by atoms with van der Waals surface area (Å²) in [7, 11) is 0. The van der Waals surface area contributed by atoms with Crippen molar-refractivity contribution in [2.45, 2.75) is 50.4 Å². The van der Waals surface area contributed by atoms with E-state index < -0.39 is 48.0 Å². The van der Waals surface area contributed by atoms with E-state index >= 15 is 0 Å². The number of hydrogen-bond donors (Lipinski definition) is 0. The Morgan fingerprint density at radius 2 is 1.80 bits per heavy atom. The van der Waals surface area contributed by atoms with Gasteiger partial charge in [0.25, 0.3) is 12.0 Å². The zero-order valence-electron chi connectivity index (χ0n) is 21.0. The average Bonchev–Trinajstić information content (AvgIpc) is 3.59. The summed E-state index contributed by atoms with van der Waals surface area (Å²) in [5, 5.41) is 7.80. The van der Waals surface area contributed by atoms with Crippen LogP contribution in [0.1, 0.15) is 65.2 Å². The second-order valence-electron chi connectivity index (χ2n) is 9.56. The van der Waals surface area contributed by atoms with Gasteiger partial charge >= 0.3 is 6.18 Å². The van der Waals surface area contributed by atoms with Gasteiger partial charge in [-0.25, -0.2) is 13.8 Å². The van der Waals surface area contributed by atoms with Crippen molar-refractivity contribution in [2.75, 3.05) is 13.1 Å². The molecule has 2 aromatic heterocycles. The van der Waals surface area contributed by atoms with E-state index in [9.17, 15) is 31.5 Å². The van der Waals surface area contributed by atoms with Crippen molar-refractivity contribution in [1.29, 1.82) is 0 Å². The lowest BCUT2D eigenvalue weighted by Gasteiger charge is -2.31. The van der Waals surface area contributed by atoms with Gasteiger partial charge in [0.2, 0.25) is 5.91 Å². The van der Waals surface area contributed by atoms with Gasteiger partial charge in [-0.05, 0) is 37.1 Å². The van der Waals surface area contributed by atoms with Gasteiger partial charge in [-0.15, -0.1) is 11.3 Å². The summed E-state index contributed by atoms with van der Waals surface area (Å²) in [4.78, 5) is 36.8. The van der Waals surface area contributed by atoms with Gasteiger partial charge in [0.05, 0.1) is 16.4 Å². The van der Waals surface area contributed by atoms with Crippen molar-refractivity contribution >= 4 is 46.2 Å². The molecule has 3 aromatic rings. The predicted molar refractivity (Wildman–Crippen MR) is 143 cm³/mol. The van der Waals surface area contributed by atoms with Crippen LogP contribution < -0.4 is 5.56 Å². The highest BCUT2D eigenvalue weighted by Gasteiger charge is 2.36. The number of oxime groups is 1. The van der Waals surface area contributed by atoms with Crippen LogP contribution in [0.15, 0.2) is 45.7 Å². The normalized spacial score (nSPS) is 18.1. The third kappa shape index (κ3) is 6.12. The molecule has 15 heteroatoms. The molecule has 2 aliphatic rings. The Labute approximate surface area is 244 Å². The van der Waals surface area contributed by atoms with Crippen molar-refractivity contribution in [2.24, 2.45) is 5.16 Å². The summed E-state index contributed by atoms with van der Waals surface area (Å²) in [5.74, 6) is -0.712. The number of rotatable bonds is 6. The van der Waals surface area contributed by atoms with Crippen LogP contribution in [-0.4, -0.2) is 39.2 Å². The zero-order chi connectivity index (χ0) is 29.5. The van der Waals surface area contributed by atoms with Crippen LogP contribution in [0.5, 0.6) is 0 Å². The first-order chi connectivity index (χ1) is 19.4. The van der Waals surface area contributed by atoms with Crippen molar-refractivity contribution in [3.63, 3.8) is 0 Å². The molecule has 5 rings (SSSR count). The minimum atomic E-state index is -5.04. The third-order valence-corrected chi connectivity index (χ3v) is 8.70. The first-order valence-electron chi connectivity index (χ1n) is 12.4. The van der Waals surface area contributed by atoms with Crippen molar-refractivity contribution < 1.29 is 31.6 Å². The molecule has 1 saturated heterocycles. The van der Waals surface area contributed by atoms with Crippen molar-refractivity contribution in [3.8, 4) is 0 Å². The standard InChI is InChI=1S/C26H21Cl2F5N4O3S/c27-15-2-1-3-16(28)22(15)20-10-17(35-40-20)18-12-41-24(34-18)13-6-8-36(9-7-13)21(38)11-37-19(23(29)30)5-4-14(25(37)39)26(31,32)33/h1-5,12-13,20,23H,6-11H2. The highest BCUT2D eigenvalue weighted by molar-refractivity contribution is 7.10. The first-order valence-corrected chi connectivity index (χ1v) is 14.1. The zero-order valence-corrected chi connectivity index (χ0v) is 23.3. The van der Waals surface area contributed by atoms with E-state index in [0.29, 0.717) is 58.4 Å². The molecular formula is C26H21Cl2F5N4O3S. The van der Waals surface area contributed by atoms with Crippen LogP contribution in [0, 0.1) is 0 Å². The number of benzene rings is 1. The molecule has 1 unspecified atom stereocenters. The van der Waals surface area contributed by atoms with Gasteiger partial charge in [0, 0.05) is 46.4 Å². The molecule has 0 spiro atoms. The molecule has 1 fully saturated rings. The summed E-state index contributed by atoms with van der Waals surface area (Å²) in [6.45, 7) is -0.453. The molecule has 0 radical (unpaired) electrons. The van der Waals surface area contributed by atoms with E-state index in [0.717, 1.165) is 5.01 Å². The second kappa shape index (κ2) is 11.7. The Bertz CT molecular complexity index is 1530. The fraction of sp³-hybridized carbons (Fsp3) is 0.385. The third-order valence-electron chi connectivity index (χ3n) is 7.04. The molecule has 4 heterocycles. The molecule has 41 heavy (non-hydrogen) atoms. The Balaban J connectivity index is 1.22. The summed E-state index contributed by atoms with van der Waals surface area (Å²) in [6, 6.07) is 6.02. The molecule has 1 atom stereocenters. The van der Waals surface area contributed by atoms with Crippen molar-refractivity contribution in [1.82, 2.24) is 14.5 Å². The highest BCUT2D eigenvalue weighted by atomic mass is 35.5. The van der Waals surface area contributed by atoms with E-state index in [2.05, 4.69) is 5.16 Å². The maximum absolute atomic E-state index is 13.4. The molecule has 218 valence electrons. The van der Waals surface area contributed by atoms with Crippen LogP contribution in [0.4, 0.5) is 22.0 Å². The number of nitrogens with zero attached hydrogens (tertiary/aromatic N) is 4. The maximum Gasteiger partial charge on any atom is 0.421 e. The van der Waals surface area contributed by atoms with Gasteiger partial charge in [0.15, 0.2) is 6.10 Å². The summed E-state index contributed by atoms with van der Waals surface area (Å²) in [6.07, 6.45) is -7.28. The topological polar surface area (TPSA) is 76.8 Å². The molecule has 2 aliphatic heterocycles. The molecule has 0 bridgehead atoms. The molecule has 1 amide bonds. The maximum atomic E-state index is 13.4. The number of alkyl halides is 5. The van der Waals surface area contributed by atoms with Gasteiger partial charge in [0.1, 0.15) is 17.8 Å². The highest BCUT2D eigenvalue weighted by Crippen LogP contribution is 2.39.